The summed E-state index contributed by atoms with van der Waals surface area (Å²) in [6, 6.07) is 6.62. The summed E-state index contributed by atoms with van der Waals surface area (Å²) in [5.41, 5.74) is 2.85. The van der Waals surface area contributed by atoms with Crippen molar-refractivity contribution < 1.29 is 12.8 Å². The molecule has 0 aliphatic carbocycles. The molecule has 0 saturated carbocycles. The summed E-state index contributed by atoms with van der Waals surface area (Å²) in [5.74, 6) is 0.0444. The Hall–Kier alpha value is -1.60. The lowest BCUT2D eigenvalue weighted by atomic mass is 9.87. The van der Waals surface area contributed by atoms with Crippen molar-refractivity contribution in [2.24, 2.45) is 11.1 Å². The Balaban J connectivity index is 1.82. The van der Waals surface area contributed by atoms with Gasteiger partial charge in [0.1, 0.15) is 5.52 Å². The molecule has 2 N–H and O–H groups in total. The van der Waals surface area contributed by atoms with Crippen LogP contribution < -0.4 is 10.0 Å². The van der Waals surface area contributed by atoms with E-state index in [1.54, 1.807) is 0 Å². The second-order valence-electron chi connectivity index (χ2n) is 7.36. The summed E-state index contributed by atoms with van der Waals surface area (Å²) in [6.45, 7) is 7.82. The Morgan fingerprint density at radius 3 is 2.78 bits per heavy atom. The van der Waals surface area contributed by atoms with E-state index in [0.717, 1.165) is 24.1 Å². The maximum Gasteiger partial charge on any atom is 0.298 e. The maximum atomic E-state index is 11.2. The molecular formula is C16H23N3O3S. The standard InChI is InChI=1S/C16H23N3O3S/c1-16(2,3)12-4-5-14-13(8-12)18-15(22-14)19-7-6-11(9-19)10-23(17,20)21/h4-5,8,11H,6-7,9-10H2,1-3H3,(H2,17,20,21). The minimum absolute atomic E-state index is 0.0118. The number of primary sulfonamides is 1. The number of aromatic nitrogens is 1. The zero-order valence-electron chi connectivity index (χ0n) is 13.7. The molecule has 1 aromatic heterocycles. The first kappa shape index (κ1) is 16.3. The zero-order valence-corrected chi connectivity index (χ0v) is 14.6. The molecule has 1 fully saturated rings. The van der Waals surface area contributed by atoms with Gasteiger partial charge in [-0.25, -0.2) is 13.6 Å². The first-order valence-electron chi connectivity index (χ1n) is 7.78. The molecule has 0 amide bonds. The number of hydrogen-bond acceptors (Lipinski definition) is 5. The predicted octanol–water partition coefficient (Wildman–Crippen LogP) is 2.24. The maximum absolute atomic E-state index is 11.2. The second-order valence-corrected chi connectivity index (χ2v) is 9.02. The molecule has 1 unspecified atom stereocenters. The van der Waals surface area contributed by atoms with Crippen LogP contribution in [0.5, 0.6) is 0 Å². The van der Waals surface area contributed by atoms with Gasteiger partial charge in [-0.2, -0.15) is 4.98 Å². The van der Waals surface area contributed by atoms with E-state index in [9.17, 15) is 8.42 Å². The normalized spacial score (nSPS) is 19.7. The Labute approximate surface area is 136 Å². The number of sulfonamides is 1. The fraction of sp³-hybridized carbons (Fsp3) is 0.562. The third-order valence-electron chi connectivity index (χ3n) is 4.27. The van der Waals surface area contributed by atoms with E-state index < -0.39 is 10.0 Å². The number of benzene rings is 1. The van der Waals surface area contributed by atoms with Crippen LogP contribution in [-0.4, -0.2) is 32.2 Å². The first-order chi connectivity index (χ1) is 10.6. The Morgan fingerprint density at radius 1 is 1.39 bits per heavy atom. The molecule has 2 heterocycles. The van der Waals surface area contributed by atoms with Crippen molar-refractivity contribution in [1.29, 1.82) is 0 Å². The highest BCUT2D eigenvalue weighted by Crippen LogP contribution is 2.30. The lowest BCUT2D eigenvalue weighted by molar-refractivity contribution is 0.564. The highest BCUT2D eigenvalue weighted by Gasteiger charge is 2.28. The average Bonchev–Trinajstić information content (AvgIpc) is 3.00. The van der Waals surface area contributed by atoms with Crippen LogP contribution in [0.2, 0.25) is 0 Å². The van der Waals surface area contributed by atoms with Crippen molar-refractivity contribution >= 4 is 27.1 Å². The molecule has 1 aromatic carbocycles. The summed E-state index contributed by atoms with van der Waals surface area (Å²) in [5, 5.41) is 5.13. The number of anilines is 1. The van der Waals surface area contributed by atoms with Gasteiger partial charge in [0.2, 0.25) is 10.0 Å². The number of hydrogen-bond donors (Lipinski definition) is 1. The third-order valence-corrected chi connectivity index (χ3v) is 5.20. The van der Waals surface area contributed by atoms with Crippen LogP contribution in [0.15, 0.2) is 22.6 Å². The fourth-order valence-corrected chi connectivity index (χ4v) is 3.92. The smallest absolute Gasteiger partial charge is 0.298 e. The predicted molar refractivity (Wildman–Crippen MR) is 91.0 cm³/mol. The molecule has 126 valence electrons. The van der Waals surface area contributed by atoms with Crippen molar-refractivity contribution in [3.05, 3.63) is 23.8 Å². The molecule has 0 radical (unpaired) electrons. The summed E-state index contributed by atoms with van der Waals surface area (Å²) in [4.78, 5) is 6.57. The molecule has 0 bridgehead atoms. The van der Waals surface area contributed by atoms with Gasteiger partial charge >= 0.3 is 0 Å². The molecule has 6 nitrogen and oxygen atoms in total. The van der Waals surface area contributed by atoms with E-state index in [4.69, 9.17) is 9.56 Å². The monoisotopic (exact) mass is 337 g/mol. The summed E-state index contributed by atoms with van der Waals surface area (Å²) >= 11 is 0. The van der Waals surface area contributed by atoms with Gasteiger partial charge in [0, 0.05) is 13.1 Å². The molecule has 1 aliphatic heterocycles. The topological polar surface area (TPSA) is 89.4 Å². The van der Waals surface area contributed by atoms with E-state index in [1.165, 1.54) is 5.56 Å². The minimum atomic E-state index is -3.44. The average molecular weight is 337 g/mol. The van der Waals surface area contributed by atoms with Crippen LogP contribution >= 0.6 is 0 Å². The lowest BCUT2D eigenvalue weighted by Crippen LogP contribution is -2.26. The summed E-state index contributed by atoms with van der Waals surface area (Å²) in [6.07, 6.45) is 0.780. The van der Waals surface area contributed by atoms with Crippen LogP contribution in [0.1, 0.15) is 32.8 Å². The molecule has 1 aliphatic rings. The quantitative estimate of drug-likeness (QED) is 0.928. The van der Waals surface area contributed by atoms with Crippen molar-refractivity contribution in [2.45, 2.75) is 32.6 Å². The molecule has 1 saturated heterocycles. The summed E-state index contributed by atoms with van der Waals surface area (Å²) in [7, 11) is -3.44. The van der Waals surface area contributed by atoms with E-state index in [1.807, 2.05) is 11.0 Å². The van der Waals surface area contributed by atoms with Gasteiger partial charge in [-0.15, -0.1) is 0 Å². The van der Waals surface area contributed by atoms with Crippen LogP contribution in [0.4, 0.5) is 6.01 Å². The Bertz CT molecular complexity index is 821. The fourth-order valence-electron chi connectivity index (χ4n) is 2.99. The van der Waals surface area contributed by atoms with E-state index in [0.29, 0.717) is 12.6 Å². The molecule has 3 rings (SSSR count). The number of oxazole rings is 1. The number of fused-ring (bicyclic) bond motifs is 1. The number of nitrogens with zero attached hydrogens (tertiary/aromatic N) is 2. The van der Waals surface area contributed by atoms with E-state index >= 15 is 0 Å². The minimum Gasteiger partial charge on any atom is -0.423 e. The van der Waals surface area contributed by atoms with Gasteiger partial charge < -0.3 is 9.32 Å². The molecule has 23 heavy (non-hydrogen) atoms. The highest BCUT2D eigenvalue weighted by atomic mass is 32.2. The van der Waals surface area contributed by atoms with Crippen molar-refractivity contribution in [3.8, 4) is 0 Å². The van der Waals surface area contributed by atoms with Gasteiger partial charge in [0.25, 0.3) is 6.01 Å². The van der Waals surface area contributed by atoms with E-state index in [2.05, 4.69) is 37.9 Å². The van der Waals surface area contributed by atoms with Gasteiger partial charge in [-0.1, -0.05) is 26.8 Å². The second kappa shape index (κ2) is 5.49. The largest absolute Gasteiger partial charge is 0.423 e. The van der Waals surface area contributed by atoms with Crippen LogP contribution in [0.25, 0.3) is 11.1 Å². The third kappa shape index (κ3) is 3.67. The first-order valence-corrected chi connectivity index (χ1v) is 9.50. The molecule has 2 aromatic rings. The van der Waals surface area contributed by atoms with Crippen LogP contribution in [0.3, 0.4) is 0 Å². The highest BCUT2D eigenvalue weighted by molar-refractivity contribution is 7.89. The van der Waals surface area contributed by atoms with E-state index in [-0.39, 0.29) is 17.1 Å². The number of rotatable bonds is 3. The Morgan fingerprint density at radius 2 is 2.13 bits per heavy atom. The van der Waals surface area contributed by atoms with Crippen molar-refractivity contribution in [3.63, 3.8) is 0 Å². The Kier molecular flexibility index (Phi) is 3.88. The molecule has 0 spiro atoms. The van der Waals surface area contributed by atoms with Crippen molar-refractivity contribution in [2.75, 3.05) is 23.7 Å². The van der Waals surface area contributed by atoms with Crippen LogP contribution in [-0.2, 0) is 15.4 Å². The summed E-state index contributed by atoms with van der Waals surface area (Å²) < 4.78 is 28.3. The van der Waals surface area contributed by atoms with Gasteiger partial charge in [-0.05, 0) is 35.4 Å². The number of nitrogens with two attached hydrogens (primary N) is 1. The molecule has 7 heteroatoms. The molecular weight excluding hydrogens is 314 g/mol. The van der Waals surface area contributed by atoms with Gasteiger partial charge in [-0.3, -0.25) is 0 Å². The lowest BCUT2D eigenvalue weighted by Gasteiger charge is -2.18. The zero-order chi connectivity index (χ0) is 16.8. The van der Waals surface area contributed by atoms with Crippen LogP contribution in [0, 0.1) is 5.92 Å². The van der Waals surface area contributed by atoms with Gasteiger partial charge in [0.05, 0.1) is 5.75 Å². The SMILES string of the molecule is CC(C)(C)c1ccc2oc(N3CCC(CS(N)(=O)=O)C3)nc2c1. The molecule has 1 atom stereocenters. The van der Waals surface area contributed by atoms with Gasteiger partial charge in [0.15, 0.2) is 5.58 Å². The van der Waals surface area contributed by atoms with Crippen molar-refractivity contribution in [1.82, 2.24) is 4.98 Å².